The van der Waals surface area contributed by atoms with Crippen molar-refractivity contribution in [3.8, 4) is 0 Å². The summed E-state index contributed by atoms with van der Waals surface area (Å²) in [4.78, 5) is 25.2. The minimum Gasteiger partial charge on any atom is -0.480 e. The Morgan fingerprint density at radius 2 is 1.78 bits per heavy atom. The molecule has 1 N–H and O–H groups in total. The van der Waals surface area contributed by atoms with E-state index < -0.39 is 16.0 Å². The molecule has 0 aromatic rings. The highest BCUT2D eigenvalue weighted by molar-refractivity contribution is 7.89. The molecule has 0 aromatic carbocycles. The Hall–Kier alpha value is -1.15. The Kier molecular flexibility index (Phi) is 5.67. The van der Waals surface area contributed by atoms with Crippen molar-refractivity contribution >= 4 is 21.9 Å². The lowest BCUT2D eigenvalue weighted by Crippen LogP contribution is -2.51. The third-order valence-corrected chi connectivity index (χ3v) is 6.81. The lowest BCUT2D eigenvalue weighted by atomic mass is 9.99. The van der Waals surface area contributed by atoms with Gasteiger partial charge in [0.1, 0.15) is 6.54 Å². The second-order valence-electron chi connectivity index (χ2n) is 6.52. The van der Waals surface area contributed by atoms with Crippen LogP contribution in [0.4, 0.5) is 0 Å². The molecule has 1 unspecified atom stereocenters. The van der Waals surface area contributed by atoms with Gasteiger partial charge in [0.05, 0.1) is 5.75 Å². The second-order valence-corrected chi connectivity index (χ2v) is 8.77. The Labute approximate surface area is 137 Å². The van der Waals surface area contributed by atoms with Crippen LogP contribution in [0.5, 0.6) is 0 Å². The maximum absolute atomic E-state index is 12.6. The van der Waals surface area contributed by atoms with Gasteiger partial charge in [0.25, 0.3) is 0 Å². The molecular formula is C15H26N2O5S. The smallest absolute Gasteiger partial charge is 0.323 e. The van der Waals surface area contributed by atoms with E-state index >= 15 is 0 Å². The molecule has 1 atom stereocenters. The first-order valence-corrected chi connectivity index (χ1v) is 9.87. The highest BCUT2D eigenvalue weighted by Crippen LogP contribution is 2.38. The number of sulfonamides is 1. The van der Waals surface area contributed by atoms with Crippen LogP contribution in [-0.2, 0) is 19.6 Å². The molecule has 1 aliphatic heterocycles. The van der Waals surface area contributed by atoms with E-state index in [4.69, 9.17) is 5.11 Å². The Morgan fingerprint density at radius 3 is 2.22 bits per heavy atom. The number of carbonyl (C=O) groups excluding carboxylic acids is 1. The normalized spacial score (nSPS) is 21.8. The molecule has 1 saturated carbocycles. The fourth-order valence-electron chi connectivity index (χ4n) is 3.21. The van der Waals surface area contributed by atoms with Gasteiger partial charge in [0, 0.05) is 25.0 Å². The van der Waals surface area contributed by atoms with E-state index in [-0.39, 0.29) is 30.2 Å². The minimum absolute atomic E-state index is 0.0636. The third kappa shape index (κ3) is 4.44. The molecular weight excluding hydrogens is 320 g/mol. The summed E-state index contributed by atoms with van der Waals surface area (Å²) in [7, 11) is -3.22. The second kappa shape index (κ2) is 7.17. The molecule has 2 fully saturated rings. The lowest BCUT2D eigenvalue weighted by molar-refractivity contribution is -0.149. The number of nitrogens with zero attached hydrogens (tertiary/aromatic N) is 2. The zero-order chi connectivity index (χ0) is 17.2. The predicted molar refractivity (Wildman–Crippen MR) is 85.3 cm³/mol. The quantitative estimate of drug-likeness (QED) is 0.734. The summed E-state index contributed by atoms with van der Waals surface area (Å²) in [5.74, 6) is -0.837. The highest BCUT2D eigenvalue weighted by Gasteiger charge is 2.39. The summed E-state index contributed by atoms with van der Waals surface area (Å²) in [6.45, 7) is 3.87. The van der Waals surface area contributed by atoms with E-state index in [1.165, 1.54) is 9.21 Å². The average Bonchev–Trinajstić information content (AvgIpc) is 3.36. The number of amides is 1. The van der Waals surface area contributed by atoms with Crippen molar-refractivity contribution in [2.45, 2.75) is 45.6 Å². The zero-order valence-electron chi connectivity index (χ0n) is 13.8. The van der Waals surface area contributed by atoms with Gasteiger partial charge in [-0.2, -0.15) is 0 Å². The number of aliphatic carboxylic acids is 1. The molecule has 8 heteroatoms. The molecule has 7 nitrogen and oxygen atoms in total. The van der Waals surface area contributed by atoms with E-state index in [9.17, 15) is 18.0 Å². The Morgan fingerprint density at radius 1 is 1.22 bits per heavy atom. The number of hydrogen-bond acceptors (Lipinski definition) is 4. The molecule has 0 spiro atoms. The first kappa shape index (κ1) is 18.2. The van der Waals surface area contributed by atoms with Crippen molar-refractivity contribution in [2.24, 2.45) is 11.8 Å². The SMILES string of the molecule is CCS(=O)(=O)N1CCC(N(CC(=O)O)C(=O)C(C)C2CC2)CC1. The van der Waals surface area contributed by atoms with Crippen LogP contribution < -0.4 is 0 Å². The van der Waals surface area contributed by atoms with Gasteiger partial charge in [-0.3, -0.25) is 9.59 Å². The third-order valence-electron chi connectivity index (χ3n) is 4.93. The molecule has 0 bridgehead atoms. The van der Waals surface area contributed by atoms with Crippen molar-refractivity contribution in [2.75, 3.05) is 25.4 Å². The van der Waals surface area contributed by atoms with Crippen LogP contribution in [0, 0.1) is 11.8 Å². The minimum atomic E-state index is -3.22. The van der Waals surface area contributed by atoms with Crippen molar-refractivity contribution in [3.63, 3.8) is 0 Å². The first-order valence-electron chi connectivity index (χ1n) is 8.26. The number of carboxylic acid groups (broad SMARTS) is 1. The van der Waals surface area contributed by atoms with E-state index in [0.717, 1.165) is 12.8 Å². The van der Waals surface area contributed by atoms with Gasteiger partial charge >= 0.3 is 5.97 Å². The van der Waals surface area contributed by atoms with Crippen molar-refractivity contribution in [1.29, 1.82) is 0 Å². The topological polar surface area (TPSA) is 95.0 Å². The van der Waals surface area contributed by atoms with Crippen molar-refractivity contribution < 1.29 is 23.1 Å². The van der Waals surface area contributed by atoms with Gasteiger partial charge in [-0.1, -0.05) is 6.92 Å². The van der Waals surface area contributed by atoms with E-state index in [1.54, 1.807) is 6.92 Å². The van der Waals surface area contributed by atoms with Gasteiger partial charge in [-0.15, -0.1) is 0 Å². The molecule has 0 aromatic heterocycles. The maximum Gasteiger partial charge on any atom is 0.323 e. The van der Waals surface area contributed by atoms with Gasteiger partial charge in [-0.25, -0.2) is 12.7 Å². The molecule has 132 valence electrons. The molecule has 1 saturated heterocycles. The zero-order valence-corrected chi connectivity index (χ0v) is 14.6. The van der Waals surface area contributed by atoms with Gasteiger partial charge in [-0.05, 0) is 38.5 Å². The predicted octanol–water partition coefficient (Wildman–Crippen LogP) is 0.760. The molecule has 1 aliphatic carbocycles. The van der Waals surface area contributed by atoms with Crippen LogP contribution >= 0.6 is 0 Å². The van der Waals surface area contributed by atoms with Gasteiger partial charge in [0.2, 0.25) is 15.9 Å². The number of carbonyl (C=O) groups is 2. The molecule has 1 heterocycles. The van der Waals surface area contributed by atoms with Gasteiger partial charge < -0.3 is 10.0 Å². The molecule has 2 aliphatic rings. The summed E-state index contributed by atoms with van der Waals surface area (Å²) >= 11 is 0. The first-order chi connectivity index (χ1) is 10.8. The van der Waals surface area contributed by atoms with Crippen LogP contribution in [0.25, 0.3) is 0 Å². The highest BCUT2D eigenvalue weighted by atomic mass is 32.2. The van der Waals surface area contributed by atoms with E-state index in [2.05, 4.69) is 0 Å². The van der Waals surface area contributed by atoms with Crippen LogP contribution in [0.1, 0.15) is 39.5 Å². The summed E-state index contributed by atoms with van der Waals surface area (Å²) in [6.07, 6.45) is 3.05. The number of piperidine rings is 1. The van der Waals surface area contributed by atoms with E-state index in [1.807, 2.05) is 6.92 Å². The summed E-state index contributed by atoms with van der Waals surface area (Å²) in [5, 5.41) is 9.12. The van der Waals surface area contributed by atoms with Gasteiger partial charge in [0.15, 0.2) is 0 Å². The lowest BCUT2D eigenvalue weighted by Gasteiger charge is -2.38. The summed E-state index contributed by atoms with van der Waals surface area (Å²) in [5.41, 5.74) is 0. The van der Waals surface area contributed by atoms with Crippen LogP contribution in [0.2, 0.25) is 0 Å². The van der Waals surface area contributed by atoms with E-state index in [0.29, 0.717) is 31.8 Å². The summed E-state index contributed by atoms with van der Waals surface area (Å²) in [6, 6.07) is -0.192. The molecule has 23 heavy (non-hydrogen) atoms. The maximum atomic E-state index is 12.6. The fourth-order valence-corrected chi connectivity index (χ4v) is 4.34. The largest absolute Gasteiger partial charge is 0.480 e. The number of rotatable bonds is 7. The average molecular weight is 346 g/mol. The molecule has 1 amide bonds. The molecule has 2 rings (SSSR count). The fraction of sp³-hybridized carbons (Fsp3) is 0.867. The summed E-state index contributed by atoms with van der Waals surface area (Å²) < 4.78 is 25.2. The Bertz CT molecular complexity index is 550. The van der Waals surface area contributed by atoms with Crippen LogP contribution in [0.3, 0.4) is 0 Å². The van der Waals surface area contributed by atoms with Crippen LogP contribution in [0.15, 0.2) is 0 Å². The van der Waals surface area contributed by atoms with Crippen molar-refractivity contribution in [3.05, 3.63) is 0 Å². The van der Waals surface area contributed by atoms with Crippen molar-refractivity contribution in [1.82, 2.24) is 9.21 Å². The Balaban J connectivity index is 2.03. The standard InChI is InChI=1S/C15H26N2O5S/c1-3-23(21,22)16-8-6-13(7-9-16)17(10-14(18)19)15(20)11(2)12-4-5-12/h11-13H,3-10H2,1-2H3,(H,18,19). The van der Waals surface area contributed by atoms with Crippen LogP contribution in [-0.4, -0.2) is 66.0 Å². The number of hydrogen-bond donors (Lipinski definition) is 1. The monoisotopic (exact) mass is 346 g/mol. The number of carboxylic acids is 1. The molecule has 0 radical (unpaired) electrons.